The molecule has 0 spiro atoms. The number of guanidine groups is 1. The normalized spacial score (nSPS) is 23.1. The molecule has 3 rings (SSSR count). The molecule has 2 unspecified atom stereocenters. The molecular formula is C23H37IN4O2. The Labute approximate surface area is 198 Å². The average Bonchev–Trinajstić information content (AvgIpc) is 2.71. The fraction of sp³-hybridized carbons (Fsp3) is 0.652. The molecule has 1 N–H and O–H groups in total. The van der Waals surface area contributed by atoms with Crippen LogP contribution in [0.15, 0.2) is 29.3 Å². The number of piperidine rings is 1. The van der Waals surface area contributed by atoms with Crippen LogP contribution in [0.3, 0.4) is 0 Å². The number of ether oxygens (including phenoxy) is 1. The Morgan fingerprint density at radius 1 is 1.07 bits per heavy atom. The van der Waals surface area contributed by atoms with Crippen molar-refractivity contribution >= 4 is 35.8 Å². The molecule has 2 heterocycles. The van der Waals surface area contributed by atoms with Crippen molar-refractivity contribution in [3.63, 3.8) is 0 Å². The molecular weight excluding hydrogens is 491 g/mol. The molecule has 2 fully saturated rings. The van der Waals surface area contributed by atoms with Crippen molar-refractivity contribution in [1.29, 1.82) is 0 Å². The van der Waals surface area contributed by atoms with Crippen molar-refractivity contribution in [2.45, 2.75) is 59.3 Å². The molecule has 2 aliphatic heterocycles. The van der Waals surface area contributed by atoms with Gasteiger partial charge in [0.05, 0.1) is 18.8 Å². The Bertz CT molecular complexity index is 692. The van der Waals surface area contributed by atoms with Gasteiger partial charge in [-0.1, -0.05) is 19.1 Å². The van der Waals surface area contributed by atoms with Crippen LogP contribution >= 0.6 is 24.0 Å². The zero-order valence-corrected chi connectivity index (χ0v) is 21.1. The molecule has 7 heteroatoms. The van der Waals surface area contributed by atoms with Crippen LogP contribution in [0, 0.1) is 5.92 Å². The number of morpholine rings is 1. The highest BCUT2D eigenvalue weighted by Crippen LogP contribution is 2.17. The SMILES string of the molecule is CCNC(=NCc1ccc(C(=O)N2CC(C)OC(C)C2)cc1)N1CCC(C)CC1.I. The molecule has 0 aromatic heterocycles. The molecule has 0 bridgehead atoms. The number of aliphatic imine (C=N–C) groups is 1. The van der Waals surface area contributed by atoms with Gasteiger partial charge in [-0.25, -0.2) is 4.99 Å². The summed E-state index contributed by atoms with van der Waals surface area (Å²) in [6.07, 6.45) is 2.61. The summed E-state index contributed by atoms with van der Waals surface area (Å²) in [6, 6.07) is 7.89. The van der Waals surface area contributed by atoms with Gasteiger partial charge in [-0.3, -0.25) is 4.79 Å². The van der Waals surface area contributed by atoms with E-state index in [9.17, 15) is 4.79 Å². The van der Waals surface area contributed by atoms with E-state index in [1.54, 1.807) is 0 Å². The molecule has 6 nitrogen and oxygen atoms in total. The van der Waals surface area contributed by atoms with Gasteiger partial charge in [-0.2, -0.15) is 0 Å². The van der Waals surface area contributed by atoms with Gasteiger partial charge >= 0.3 is 0 Å². The number of nitrogens with zero attached hydrogens (tertiary/aromatic N) is 3. The van der Waals surface area contributed by atoms with Crippen molar-refractivity contribution in [3.05, 3.63) is 35.4 Å². The smallest absolute Gasteiger partial charge is 0.254 e. The summed E-state index contributed by atoms with van der Waals surface area (Å²) < 4.78 is 5.73. The Morgan fingerprint density at radius 3 is 2.23 bits per heavy atom. The first-order valence-electron chi connectivity index (χ1n) is 11.0. The van der Waals surface area contributed by atoms with E-state index >= 15 is 0 Å². The van der Waals surface area contributed by atoms with E-state index in [0.717, 1.165) is 42.6 Å². The van der Waals surface area contributed by atoms with Crippen LogP contribution in [0.2, 0.25) is 0 Å². The van der Waals surface area contributed by atoms with Gasteiger partial charge in [0.1, 0.15) is 0 Å². The van der Waals surface area contributed by atoms with Gasteiger partial charge in [0.25, 0.3) is 5.91 Å². The third kappa shape index (κ3) is 6.83. The van der Waals surface area contributed by atoms with Gasteiger partial charge < -0.3 is 19.9 Å². The lowest BCUT2D eigenvalue weighted by Gasteiger charge is -2.35. The van der Waals surface area contributed by atoms with Gasteiger partial charge in [0, 0.05) is 38.3 Å². The largest absolute Gasteiger partial charge is 0.372 e. The first kappa shape index (κ1) is 24.9. The lowest BCUT2D eigenvalue weighted by molar-refractivity contribution is -0.0586. The molecule has 2 saturated heterocycles. The van der Waals surface area contributed by atoms with Crippen LogP contribution in [0.25, 0.3) is 0 Å². The first-order chi connectivity index (χ1) is 14.0. The lowest BCUT2D eigenvalue weighted by Crippen LogP contribution is -2.48. The van der Waals surface area contributed by atoms with Gasteiger partial charge in [-0.15, -0.1) is 24.0 Å². The van der Waals surface area contributed by atoms with Gasteiger partial charge in [-0.05, 0) is 57.2 Å². The minimum atomic E-state index is 0. The number of rotatable bonds is 4. The van der Waals surface area contributed by atoms with Crippen LogP contribution in [0.1, 0.15) is 56.5 Å². The van der Waals surface area contributed by atoms with E-state index in [1.165, 1.54) is 12.8 Å². The third-order valence-corrected chi connectivity index (χ3v) is 5.74. The standard InChI is InChI=1S/C23H36N4O2.HI/c1-5-24-23(26-12-10-17(2)11-13-26)25-14-20-6-8-21(9-7-20)22(28)27-15-18(3)29-19(4)16-27;/h6-9,17-19H,5,10-16H2,1-4H3,(H,24,25);1H. The molecule has 0 aliphatic carbocycles. The summed E-state index contributed by atoms with van der Waals surface area (Å²) >= 11 is 0. The van der Waals surface area contributed by atoms with Crippen molar-refractivity contribution in [2.75, 3.05) is 32.7 Å². The first-order valence-corrected chi connectivity index (χ1v) is 11.0. The van der Waals surface area contributed by atoms with E-state index in [0.29, 0.717) is 19.6 Å². The van der Waals surface area contributed by atoms with Gasteiger partial charge in [0.2, 0.25) is 0 Å². The average molecular weight is 528 g/mol. The second-order valence-electron chi connectivity index (χ2n) is 8.50. The Morgan fingerprint density at radius 2 is 1.67 bits per heavy atom. The number of carbonyl (C=O) groups excluding carboxylic acids is 1. The molecule has 0 saturated carbocycles. The molecule has 1 aromatic carbocycles. The van der Waals surface area contributed by atoms with Gasteiger partial charge in [0.15, 0.2) is 5.96 Å². The summed E-state index contributed by atoms with van der Waals surface area (Å²) in [5.41, 5.74) is 1.85. The Hall–Kier alpha value is -1.35. The van der Waals surface area contributed by atoms with E-state index in [2.05, 4.69) is 24.1 Å². The van der Waals surface area contributed by atoms with E-state index < -0.39 is 0 Å². The molecule has 2 atom stereocenters. The number of carbonyl (C=O) groups is 1. The zero-order valence-electron chi connectivity index (χ0n) is 18.8. The van der Waals surface area contributed by atoms with Crippen LogP contribution in [-0.4, -0.2) is 66.6 Å². The molecule has 168 valence electrons. The van der Waals surface area contributed by atoms with Crippen molar-refractivity contribution in [3.8, 4) is 0 Å². The summed E-state index contributed by atoms with van der Waals surface area (Å²) in [7, 11) is 0. The fourth-order valence-electron chi connectivity index (χ4n) is 4.09. The summed E-state index contributed by atoms with van der Waals surface area (Å²) in [5, 5.41) is 3.42. The number of benzene rings is 1. The topological polar surface area (TPSA) is 57.2 Å². The van der Waals surface area contributed by atoms with Crippen LogP contribution in [0.5, 0.6) is 0 Å². The molecule has 2 aliphatic rings. The predicted molar refractivity (Wildman–Crippen MR) is 133 cm³/mol. The highest BCUT2D eigenvalue weighted by atomic mass is 127. The summed E-state index contributed by atoms with van der Waals surface area (Å²) in [5.74, 6) is 1.88. The number of amides is 1. The molecule has 0 radical (unpaired) electrons. The van der Waals surface area contributed by atoms with Crippen molar-refractivity contribution < 1.29 is 9.53 Å². The summed E-state index contributed by atoms with van der Waals surface area (Å²) in [6.45, 7) is 13.4. The molecule has 30 heavy (non-hydrogen) atoms. The second kappa shape index (κ2) is 11.9. The van der Waals surface area contributed by atoms with Crippen LogP contribution in [0.4, 0.5) is 0 Å². The number of halogens is 1. The third-order valence-electron chi connectivity index (χ3n) is 5.74. The Balaban J connectivity index is 0.00000320. The highest BCUT2D eigenvalue weighted by molar-refractivity contribution is 14.0. The van der Waals surface area contributed by atoms with Crippen LogP contribution < -0.4 is 5.32 Å². The maximum absolute atomic E-state index is 12.8. The van der Waals surface area contributed by atoms with E-state index in [-0.39, 0.29) is 42.1 Å². The number of hydrogen-bond donors (Lipinski definition) is 1. The minimum Gasteiger partial charge on any atom is -0.372 e. The minimum absolute atomic E-state index is 0. The van der Waals surface area contributed by atoms with E-state index in [1.807, 2.05) is 43.0 Å². The fourth-order valence-corrected chi connectivity index (χ4v) is 4.09. The number of nitrogens with one attached hydrogen (secondary N) is 1. The molecule has 1 aromatic rings. The predicted octanol–water partition coefficient (Wildman–Crippen LogP) is 3.75. The number of hydrogen-bond acceptors (Lipinski definition) is 3. The second-order valence-corrected chi connectivity index (χ2v) is 8.50. The lowest BCUT2D eigenvalue weighted by atomic mass is 10.00. The monoisotopic (exact) mass is 528 g/mol. The van der Waals surface area contributed by atoms with E-state index in [4.69, 9.17) is 9.73 Å². The number of likely N-dealkylation sites (tertiary alicyclic amines) is 1. The quantitative estimate of drug-likeness (QED) is 0.368. The Kier molecular flexibility index (Phi) is 9.87. The van der Waals surface area contributed by atoms with Crippen LogP contribution in [-0.2, 0) is 11.3 Å². The van der Waals surface area contributed by atoms with Crippen molar-refractivity contribution in [2.24, 2.45) is 10.9 Å². The van der Waals surface area contributed by atoms with Crippen molar-refractivity contribution in [1.82, 2.24) is 15.1 Å². The molecule has 1 amide bonds. The summed E-state index contributed by atoms with van der Waals surface area (Å²) in [4.78, 5) is 21.9. The zero-order chi connectivity index (χ0) is 20.8. The maximum atomic E-state index is 12.8. The highest BCUT2D eigenvalue weighted by Gasteiger charge is 2.26. The maximum Gasteiger partial charge on any atom is 0.254 e.